The van der Waals surface area contributed by atoms with Crippen molar-refractivity contribution in [1.29, 1.82) is 0 Å². The van der Waals surface area contributed by atoms with Gasteiger partial charge in [-0.1, -0.05) is 0 Å². The molecule has 0 bridgehead atoms. The molecule has 7 heteroatoms. The monoisotopic (exact) mass is 310 g/mol. The first kappa shape index (κ1) is 10.6. The van der Waals surface area contributed by atoms with Crippen LogP contribution in [0.4, 0.5) is 0 Å². The maximum atomic E-state index is 11.2. The van der Waals surface area contributed by atoms with Crippen LogP contribution in [0.2, 0.25) is 0 Å². The lowest BCUT2D eigenvalue weighted by Crippen LogP contribution is -2.27. The zero-order chi connectivity index (χ0) is 10.0. The molecule has 1 aromatic rings. The van der Waals surface area contributed by atoms with Crippen molar-refractivity contribution >= 4 is 37.8 Å². The fourth-order valence-corrected chi connectivity index (χ4v) is 1.17. The molecule has 0 atom stereocenters. The molecule has 0 saturated heterocycles. The third-order valence-corrected chi connectivity index (χ3v) is 2.95. The van der Waals surface area contributed by atoms with Gasteiger partial charge >= 0.3 is 0 Å². The molecule has 5 nitrogen and oxygen atoms in total. The van der Waals surface area contributed by atoms with Gasteiger partial charge in [-0.3, -0.25) is 4.79 Å². The third kappa shape index (κ3) is 2.77. The Morgan fingerprint density at radius 2 is 1.85 bits per heavy atom. The van der Waals surface area contributed by atoms with Gasteiger partial charge in [0.1, 0.15) is 6.54 Å². The van der Waals surface area contributed by atoms with Gasteiger partial charge in [-0.15, -0.1) is 10.2 Å². The molecule has 0 aliphatic rings. The Kier molecular flexibility index (Phi) is 3.43. The SMILES string of the molecule is CN(C)C(=O)Cn1nc(Br)c(Br)n1. The minimum Gasteiger partial charge on any atom is -0.347 e. The van der Waals surface area contributed by atoms with Crippen molar-refractivity contribution in [2.24, 2.45) is 0 Å². The van der Waals surface area contributed by atoms with E-state index in [9.17, 15) is 4.79 Å². The molecule has 13 heavy (non-hydrogen) atoms. The van der Waals surface area contributed by atoms with E-state index < -0.39 is 0 Å². The fourth-order valence-electron chi connectivity index (χ4n) is 0.641. The number of halogens is 2. The van der Waals surface area contributed by atoms with Crippen molar-refractivity contribution in [3.05, 3.63) is 9.21 Å². The molecule has 0 N–H and O–H groups in total. The predicted molar refractivity (Wildman–Crippen MR) is 54.1 cm³/mol. The minimum atomic E-state index is -0.0463. The Morgan fingerprint density at radius 3 is 2.23 bits per heavy atom. The molecule has 0 spiro atoms. The van der Waals surface area contributed by atoms with Crippen LogP contribution in [-0.4, -0.2) is 39.9 Å². The molecular weight excluding hydrogens is 304 g/mol. The van der Waals surface area contributed by atoms with Crippen LogP contribution in [-0.2, 0) is 11.3 Å². The zero-order valence-electron chi connectivity index (χ0n) is 7.16. The summed E-state index contributed by atoms with van der Waals surface area (Å²) in [4.78, 5) is 14.0. The Balaban J connectivity index is 2.70. The molecule has 0 radical (unpaired) electrons. The molecular formula is C6H8Br2N4O. The molecule has 1 rings (SSSR count). The summed E-state index contributed by atoms with van der Waals surface area (Å²) in [7, 11) is 3.38. The summed E-state index contributed by atoms with van der Waals surface area (Å²) in [6, 6.07) is 0. The summed E-state index contributed by atoms with van der Waals surface area (Å²) < 4.78 is 1.19. The predicted octanol–water partition coefficient (Wildman–Crippen LogP) is 0.891. The van der Waals surface area contributed by atoms with Crippen LogP contribution in [0.1, 0.15) is 0 Å². The lowest BCUT2D eigenvalue weighted by Gasteiger charge is -2.08. The van der Waals surface area contributed by atoms with Crippen LogP contribution in [0.15, 0.2) is 9.21 Å². The second-order valence-corrected chi connectivity index (χ2v) is 4.10. The molecule has 0 aromatic carbocycles. The molecule has 1 heterocycles. The number of aromatic nitrogens is 3. The molecule has 1 amide bonds. The Bertz CT molecular complexity index is 303. The number of nitrogens with zero attached hydrogens (tertiary/aromatic N) is 4. The van der Waals surface area contributed by atoms with Crippen LogP contribution in [0, 0.1) is 0 Å². The second-order valence-electron chi connectivity index (χ2n) is 2.60. The highest BCUT2D eigenvalue weighted by Crippen LogP contribution is 2.16. The normalized spacial score (nSPS) is 10.2. The van der Waals surface area contributed by atoms with E-state index in [-0.39, 0.29) is 12.5 Å². The fraction of sp³-hybridized carbons (Fsp3) is 0.500. The molecule has 0 aliphatic carbocycles. The second kappa shape index (κ2) is 4.19. The van der Waals surface area contributed by atoms with Gasteiger partial charge in [0.25, 0.3) is 0 Å². The summed E-state index contributed by atoms with van der Waals surface area (Å²) in [6.45, 7) is 0.150. The topological polar surface area (TPSA) is 51.0 Å². The summed E-state index contributed by atoms with van der Waals surface area (Å²) in [6.07, 6.45) is 0. The van der Waals surface area contributed by atoms with Crippen molar-refractivity contribution in [2.45, 2.75) is 6.54 Å². The smallest absolute Gasteiger partial charge is 0.245 e. The molecule has 0 saturated carbocycles. The van der Waals surface area contributed by atoms with E-state index >= 15 is 0 Å². The highest BCUT2D eigenvalue weighted by atomic mass is 79.9. The number of carbonyl (C=O) groups excluding carboxylic acids is 1. The largest absolute Gasteiger partial charge is 0.347 e. The van der Waals surface area contributed by atoms with Crippen molar-refractivity contribution in [3.8, 4) is 0 Å². The summed E-state index contributed by atoms with van der Waals surface area (Å²) in [5.41, 5.74) is 0. The van der Waals surface area contributed by atoms with Crippen molar-refractivity contribution < 1.29 is 4.79 Å². The zero-order valence-corrected chi connectivity index (χ0v) is 10.3. The van der Waals surface area contributed by atoms with Crippen molar-refractivity contribution in [2.75, 3.05) is 14.1 Å². The number of likely N-dealkylation sites (N-methyl/N-ethyl adjacent to an activating group) is 1. The summed E-state index contributed by atoms with van der Waals surface area (Å²) >= 11 is 6.35. The van der Waals surface area contributed by atoms with E-state index in [0.29, 0.717) is 9.21 Å². The lowest BCUT2D eigenvalue weighted by molar-refractivity contribution is -0.129. The molecule has 0 aliphatic heterocycles. The Hall–Kier alpha value is -0.430. The molecule has 0 fully saturated rings. The minimum absolute atomic E-state index is 0.0463. The van der Waals surface area contributed by atoms with Crippen LogP contribution in [0.5, 0.6) is 0 Å². The van der Waals surface area contributed by atoms with Crippen LogP contribution < -0.4 is 0 Å². The first-order chi connectivity index (χ1) is 6.00. The quantitative estimate of drug-likeness (QED) is 0.815. The summed E-state index contributed by atoms with van der Waals surface area (Å²) in [5, 5.41) is 7.92. The summed E-state index contributed by atoms with van der Waals surface area (Å²) in [5.74, 6) is -0.0463. The third-order valence-electron chi connectivity index (χ3n) is 1.35. The van der Waals surface area contributed by atoms with Gasteiger partial charge in [0, 0.05) is 14.1 Å². The van der Waals surface area contributed by atoms with E-state index in [4.69, 9.17) is 0 Å². The maximum absolute atomic E-state index is 11.2. The van der Waals surface area contributed by atoms with E-state index in [1.54, 1.807) is 14.1 Å². The molecule has 0 unspecified atom stereocenters. The number of hydrogen-bond donors (Lipinski definition) is 0. The number of amides is 1. The van der Waals surface area contributed by atoms with E-state index in [2.05, 4.69) is 42.1 Å². The average molecular weight is 312 g/mol. The van der Waals surface area contributed by atoms with Gasteiger partial charge in [-0.05, 0) is 31.9 Å². The Labute approximate surface area is 92.3 Å². The van der Waals surface area contributed by atoms with Crippen LogP contribution in [0.25, 0.3) is 0 Å². The maximum Gasteiger partial charge on any atom is 0.245 e. The van der Waals surface area contributed by atoms with E-state index in [1.165, 1.54) is 9.70 Å². The van der Waals surface area contributed by atoms with Crippen molar-refractivity contribution in [3.63, 3.8) is 0 Å². The Morgan fingerprint density at radius 1 is 1.38 bits per heavy atom. The van der Waals surface area contributed by atoms with Crippen molar-refractivity contribution in [1.82, 2.24) is 19.9 Å². The standard InChI is InChI=1S/C6H8Br2N4O/c1-11(2)4(13)3-12-9-5(7)6(8)10-12/h3H2,1-2H3. The van der Waals surface area contributed by atoms with E-state index in [0.717, 1.165) is 0 Å². The number of carbonyl (C=O) groups is 1. The highest BCUT2D eigenvalue weighted by Gasteiger charge is 2.09. The van der Waals surface area contributed by atoms with Crippen LogP contribution in [0.3, 0.4) is 0 Å². The van der Waals surface area contributed by atoms with Gasteiger partial charge in [0.15, 0.2) is 9.21 Å². The van der Waals surface area contributed by atoms with Gasteiger partial charge in [-0.2, -0.15) is 4.80 Å². The van der Waals surface area contributed by atoms with E-state index in [1.807, 2.05) is 0 Å². The first-order valence-electron chi connectivity index (χ1n) is 3.47. The molecule has 72 valence electrons. The number of hydrogen-bond acceptors (Lipinski definition) is 3. The molecule has 1 aromatic heterocycles. The van der Waals surface area contributed by atoms with Gasteiger partial charge in [-0.25, -0.2) is 0 Å². The lowest BCUT2D eigenvalue weighted by atomic mass is 10.6. The average Bonchev–Trinajstić information content (AvgIpc) is 2.31. The highest BCUT2D eigenvalue weighted by molar-refractivity contribution is 9.13. The van der Waals surface area contributed by atoms with Crippen LogP contribution >= 0.6 is 31.9 Å². The van der Waals surface area contributed by atoms with Gasteiger partial charge < -0.3 is 4.90 Å². The van der Waals surface area contributed by atoms with Gasteiger partial charge in [0.05, 0.1) is 0 Å². The van der Waals surface area contributed by atoms with Gasteiger partial charge in [0.2, 0.25) is 5.91 Å². The number of rotatable bonds is 2. The first-order valence-corrected chi connectivity index (χ1v) is 5.05.